The average Bonchev–Trinajstić information content (AvgIpc) is 2.83. The molecule has 2 rings (SSSR count). The molecule has 104 valence electrons. The van der Waals surface area contributed by atoms with Gasteiger partial charge in [-0.1, -0.05) is 13.3 Å². The van der Waals surface area contributed by atoms with Gasteiger partial charge in [0.15, 0.2) is 5.16 Å². The molecular formula is C12H21O5P. The number of cyclic esters (lactones) is 1. The first-order chi connectivity index (χ1) is 8.58. The smallest absolute Gasteiger partial charge is 0.348 e. The van der Waals surface area contributed by atoms with Crippen molar-refractivity contribution in [2.45, 2.75) is 38.8 Å². The van der Waals surface area contributed by atoms with Gasteiger partial charge >= 0.3 is 13.6 Å². The maximum atomic E-state index is 12.9. The zero-order chi connectivity index (χ0) is 13.4. The maximum absolute atomic E-state index is 12.9. The predicted molar refractivity (Wildman–Crippen MR) is 66.4 cm³/mol. The monoisotopic (exact) mass is 276 g/mol. The van der Waals surface area contributed by atoms with Crippen LogP contribution in [0.4, 0.5) is 0 Å². The van der Waals surface area contributed by atoms with E-state index in [1.54, 1.807) is 13.8 Å². The summed E-state index contributed by atoms with van der Waals surface area (Å²) in [4.78, 5) is 12.1. The molecule has 0 N–H and O–H groups in total. The molecule has 0 spiro atoms. The zero-order valence-electron chi connectivity index (χ0n) is 11.2. The summed E-state index contributed by atoms with van der Waals surface area (Å²) in [6.07, 6.45) is 1.82. The minimum Gasteiger partial charge on any atom is -0.464 e. The number of carbonyl (C=O) groups is 1. The molecule has 3 atom stereocenters. The quantitative estimate of drug-likeness (QED) is 0.528. The Bertz CT molecular complexity index is 373. The highest BCUT2D eigenvalue weighted by atomic mass is 31.2. The number of fused-ring (bicyclic) bond motifs is 1. The summed E-state index contributed by atoms with van der Waals surface area (Å²) in [5.74, 6) is -0.294. The van der Waals surface area contributed by atoms with Crippen LogP contribution in [-0.2, 0) is 23.1 Å². The highest BCUT2D eigenvalue weighted by Crippen LogP contribution is 2.80. The minimum absolute atomic E-state index is 0.00823. The van der Waals surface area contributed by atoms with Gasteiger partial charge in [0.05, 0.1) is 19.8 Å². The molecule has 1 aliphatic heterocycles. The van der Waals surface area contributed by atoms with Gasteiger partial charge in [-0.25, -0.2) is 0 Å². The summed E-state index contributed by atoms with van der Waals surface area (Å²) in [6.45, 7) is 6.48. The number of carbonyl (C=O) groups excluding carboxylic acids is 1. The Morgan fingerprint density at radius 1 is 1.33 bits per heavy atom. The highest BCUT2D eigenvalue weighted by Gasteiger charge is 2.83. The number of hydrogen-bond donors (Lipinski definition) is 0. The Morgan fingerprint density at radius 2 is 1.94 bits per heavy atom. The molecule has 0 unspecified atom stereocenters. The van der Waals surface area contributed by atoms with E-state index in [0.29, 0.717) is 6.61 Å². The fraction of sp³-hybridized carbons (Fsp3) is 0.917. The molecule has 1 saturated heterocycles. The number of hydrogen-bond acceptors (Lipinski definition) is 5. The fourth-order valence-electron chi connectivity index (χ4n) is 3.19. The van der Waals surface area contributed by atoms with Crippen LogP contribution in [0.15, 0.2) is 0 Å². The lowest BCUT2D eigenvalue weighted by atomic mass is 10.2. The second kappa shape index (κ2) is 4.95. The summed E-state index contributed by atoms with van der Waals surface area (Å²) in [5.41, 5.74) is 0. The van der Waals surface area contributed by atoms with E-state index in [1.807, 2.05) is 0 Å². The molecular weight excluding hydrogens is 255 g/mol. The lowest BCUT2D eigenvalue weighted by Crippen LogP contribution is -2.27. The lowest BCUT2D eigenvalue weighted by molar-refractivity contribution is -0.141. The van der Waals surface area contributed by atoms with Crippen LogP contribution in [0.1, 0.15) is 33.6 Å². The number of esters is 1. The van der Waals surface area contributed by atoms with Crippen molar-refractivity contribution < 1.29 is 23.1 Å². The third kappa shape index (κ3) is 1.68. The van der Waals surface area contributed by atoms with E-state index in [-0.39, 0.29) is 25.0 Å². The van der Waals surface area contributed by atoms with E-state index in [0.717, 1.165) is 12.8 Å². The summed E-state index contributed by atoms with van der Waals surface area (Å²) in [7, 11) is -3.42. The van der Waals surface area contributed by atoms with Gasteiger partial charge in [-0.15, -0.1) is 0 Å². The van der Waals surface area contributed by atoms with Crippen LogP contribution >= 0.6 is 7.60 Å². The van der Waals surface area contributed by atoms with Crippen molar-refractivity contribution >= 4 is 13.6 Å². The molecule has 6 heteroatoms. The second-order valence-electron chi connectivity index (χ2n) is 4.76. The van der Waals surface area contributed by atoms with Crippen LogP contribution in [0.5, 0.6) is 0 Å². The summed E-state index contributed by atoms with van der Waals surface area (Å²) in [6, 6.07) is 0. The molecule has 0 aromatic rings. The lowest BCUT2D eigenvalue weighted by Gasteiger charge is -2.24. The van der Waals surface area contributed by atoms with Crippen molar-refractivity contribution in [3.63, 3.8) is 0 Å². The first-order valence-electron chi connectivity index (χ1n) is 6.64. The largest absolute Gasteiger partial charge is 0.464 e. The van der Waals surface area contributed by atoms with E-state index in [9.17, 15) is 9.36 Å². The molecule has 2 fully saturated rings. The van der Waals surface area contributed by atoms with Crippen molar-refractivity contribution in [2.24, 2.45) is 11.8 Å². The molecule has 0 radical (unpaired) electrons. The van der Waals surface area contributed by atoms with Gasteiger partial charge in [-0.3, -0.25) is 9.36 Å². The highest BCUT2D eigenvalue weighted by molar-refractivity contribution is 7.57. The molecule has 0 aromatic heterocycles. The minimum atomic E-state index is -3.42. The first kappa shape index (κ1) is 14.0. The van der Waals surface area contributed by atoms with E-state index in [1.165, 1.54) is 0 Å². The number of ether oxygens (including phenoxy) is 1. The van der Waals surface area contributed by atoms with Gasteiger partial charge in [-0.05, 0) is 26.2 Å². The topological polar surface area (TPSA) is 61.8 Å². The number of rotatable bonds is 7. The average molecular weight is 276 g/mol. The Labute approximate surface area is 108 Å². The third-order valence-corrected chi connectivity index (χ3v) is 6.83. The normalized spacial score (nSPS) is 34.3. The van der Waals surface area contributed by atoms with Crippen LogP contribution in [0.25, 0.3) is 0 Å². The molecule has 1 aliphatic carbocycles. The van der Waals surface area contributed by atoms with Crippen molar-refractivity contribution in [2.75, 3.05) is 19.8 Å². The van der Waals surface area contributed by atoms with Crippen molar-refractivity contribution in [3.8, 4) is 0 Å². The Kier molecular flexibility index (Phi) is 3.86. The Morgan fingerprint density at radius 3 is 2.44 bits per heavy atom. The second-order valence-corrected chi connectivity index (χ2v) is 7.01. The van der Waals surface area contributed by atoms with E-state index in [2.05, 4.69) is 6.92 Å². The molecule has 0 amide bonds. The van der Waals surface area contributed by atoms with E-state index >= 15 is 0 Å². The summed E-state index contributed by atoms with van der Waals surface area (Å²) < 4.78 is 28.7. The van der Waals surface area contributed by atoms with Crippen molar-refractivity contribution in [1.29, 1.82) is 0 Å². The summed E-state index contributed by atoms with van der Waals surface area (Å²) in [5, 5.41) is -1.00. The van der Waals surface area contributed by atoms with Gasteiger partial charge in [0.25, 0.3) is 0 Å². The molecule has 18 heavy (non-hydrogen) atoms. The zero-order valence-corrected chi connectivity index (χ0v) is 12.1. The van der Waals surface area contributed by atoms with Gasteiger partial charge < -0.3 is 13.8 Å². The first-order valence-corrected chi connectivity index (χ1v) is 8.19. The van der Waals surface area contributed by atoms with Crippen molar-refractivity contribution in [3.05, 3.63) is 0 Å². The van der Waals surface area contributed by atoms with Gasteiger partial charge in [0.2, 0.25) is 0 Å². The maximum Gasteiger partial charge on any atom is 0.348 e. The van der Waals surface area contributed by atoms with E-state index < -0.39 is 18.7 Å². The standard InChI is InChI=1S/C12H21O5P/c1-4-7-9-10-8-15-11(13)12(9,10)18(14,16-5-2)17-6-3/h9-10H,4-8H2,1-3H3/t9-,10+,12+/m0/s1. The Balaban J connectivity index is 2.32. The molecule has 5 nitrogen and oxygen atoms in total. The van der Waals surface area contributed by atoms with Gasteiger partial charge in [0, 0.05) is 5.92 Å². The molecule has 0 bridgehead atoms. The van der Waals surface area contributed by atoms with Crippen molar-refractivity contribution in [1.82, 2.24) is 0 Å². The van der Waals surface area contributed by atoms with E-state index in [4.69, 9.17) is 13.8 Å². The van der Waals surface area contributed by atoms with Crippen LogP contribution in [0.2, 0.25) is 0 Å². The Hall–Kier alpha value is -0.380. The molecule has 1 heterocycles. The molecule has 1 saturated carbocycles. The predicted octanol–water partition coefficient (Wildman–Crippen LogP) is 2.59. The summed E-state index contributed by atoms with van der Waals surface area (Å²) >= 11 is 0. The third-order valence-electron chi connectivity index (χ3n) is 3.88. The van der Waals surface area contributed by atoms with Gasteiger partial charge in [-0.2, -0.15) is 0 Å². The van der Waals surface area contributed by atoms with Gasteiger partial charge in [0.1, 0.15) is 0 Å². The molecule has 0 aromatic carbocycles. The fourth-order valence-corrected chi connectivity index (χ4v) is 5.96. The van der Waals surface area contributed by atoms with Crippen LogP contribution in [-0.4, -0.2) is 30.9 Å². The van der Waals surface area contributed by atoms with Crippen LogP contribution in [0.3, 0.4) is 0 Å². The van der Waals surface area contributed by atoms with Crippen LogP contribution < -0.4 is 0 Å². The SMILES string of the molecule is CCC[C@H]1[C@H]2COC(=O)[C@]21P(=O)(OCC)OCC. The van der Waals surface area contributed by atoms with Crippen LogP contribution in [0, 0.1) is 11.8 Å². The molecule has 2 aliphatic rings.